The molecule has 0 aromatic heterocycles. The number of carbonyl (C=O) groups excluding carboxylic acids is 1. The van der Waals surface area contributed by atoms with Gasteiger partial charge < -0.3 is 10.2 Å². The first-order chi connectivity index (χ1) is 15.5. The van der Waals surface area contributed by atoms with E-state index >= 15 is 0 Å². The predicted molar refractivity (Wildman–Crippen MR) is 127 cm³/mol. The molecule has 0 spiro atoms. The number of benzene rings is 3. The summed E-state index contributed by atoms with van der Waals surface area (Å²) in [6, 6.07) is 20.7. The molecule has 32 heavy (non-hydrogen) atoms. The van der Waals surface area contributed by atoms with E-state index in [1.807, 2.05) is 24.3 Å². The van der Waals surface area contributed by atoms with Crippen LogP contribution >= 0.6 is 0 Å². The summed E-state index contributed by atoms with van der Waals surface area (Å²) < 4.78 is 13.7. The van der Waals surface area contributed by atoms with Crippen LogP contribution in [0.3, 0.4) is 0 Å². The second-order valence-electron chi connectivity index (χ2n) is 8.45. The van der Waals surface area contributed by atoms with Crippen molar-refractivity contribution in [2.75, 3.05) is 31.1 Å². The van der Waals surface area contributed by atoms with Crippen molar-refractivity contribution in [3.05, 3.63) is 100 Å². The lowest BCUT2D eigenvalue weighted by Crippen LogP contribution is -2.46. The van der Waals surface area contributed by atoms with Crippen LogP contribution in [-0.4, -0.2) is 37.0 Å². The molecule has 0 atom stereocenters. The van der Waals surface area contributed by atoms with E-state index in [4.69, 9.17) is 0 Å². The van der Waals surface area contributed by atoms with Crippen LogP contribution in [0.25, 0.3) is 0 Å². The molecule has 0 unspecified atom stereocenters. The van der Waals surface area contributed by atoms with Crippen molar-refractivity contribution in [3.8, 4) is 0 Å². The average Bonchev–Trinajstić information content (AvgIpc) is 2.81. The molecule has 4 rings (SSSR count). The average molecular weight is 432 g/mol. The zero-order valence-corrected chi connectivity index (χ0v) is 18.8. The van der Waals surface area contributed by atoms with Crippen molar-refractivity contribution in [3.63, 3.8) is 0 Å². The molecule has 166 valence electrons. The molecule has 0 radical (unpaired) electrons. The molecule has 1 amide bonds. The van der Waals surface area contributed by atoms with Gasteiger partial charge in [0.15, 0.2) is 0 Å². The topological polar surface area (TPSA) is 35.6 Å². The zero-order chi connectivity index (χ0) is 22.5. The van der Waals surface area contributed by atoms with E-state index in [-0.39, 0.29) is 18.3 Å². The van der Waals surface area contributed by atoms with Crippen molar-refractivity contribution in [1.29, 1.82) is 0 Å². The van der Waals surface area contributed by atoms with Gasteiger partial charge in [0, 0.05) is 56.1 Å². The third-order valence-corrected chi connectivity index (χ3v) is 6.31. The maximum Gasteiger partial charge on any atom is 0.251 e. The minimum absolute atomic E-state index is 0.179. The van der Waals surface area contributed by atoms with Gasteiger partial charge in [0.2, 0.25) is 0 Å². The molecule has 1 aliphatic heterocycles. The highest BCUT2D eigenvalue weighted by atomic mass is 19.1. The Labute approximate surface area is 189 Å². The Morgan fingerprint density at radius 1 is 0.906 bits per heavy atom. The molecule has 0 bridgehead atoms. The first-order valence-electron chi connectivity index (χ1n) is 11.2. The van der Waals surface area contributed by atoms with Gasteiger partial charge in [-0.3, -0.25) is 9.69 Å². The lowest BCUT2D eigenvalue weighted by Gasteiger charge is -2.37. The Balaban J connectivity index is 1.28. The Morgan fingerprint density at radius 3 is 2.34 bits per heavy atom. The van der Waals surface area contributed by atoms with Gasteiger partial charge in [-0.1, -0.05) is 42.5 Å². The van der Waals surface area contributed by atoms with Crippen molar-refractivity contribution in [2.24, 2.45) is 0 Å². The van der Waals surface area contributed by atoms with Crippen LogP contribution in [0.15, 0.2) is 66.7 Å². The van der Waals surface area contributed by atoms with Gasteiger partial charge in [0.05, 0.1) is 0 Å². The van der Waals surface area contributed by atoms with Gasteiger partial charge in [0.25, 0.3) is 5.91 Å². The number of hydrogen-bond acceptors (Lipinski definition) is 3. The fraction of sp³-hybridized carbons (Fsp3) is 0.296. The SMILES string of the molecule is Cc1cccc(N2CCN(Cc3ccc(C(=O)NCc4ccccc4F)cc3)CC2)c1C. The molecule has 0 aliphatic carbocycles. The highest BCUT2D eigenvalue weighted by Gasteiger charge is 2.19. The van der Waals surface area contributed by atoms with Crippen LogP contribution in [0, 0.1) is 19.7 Å². The minimum Gasteiger partial charge on any atom is -0.369 e. The molecule has 1 aliphatic rings. The first-order valence-corrected chi connectivity index (χ1v) is 11.2. The molecule has 1 heterocycles. The molecule has 1 N–H and O–H groups in total. The van der Waals surface area contributed by atoms with Crippen molar-refractivity contribution < 1.29 is 9.18 Å². The second-order valence-corrected chi connectivity index (χ2v) is 8.45. The summed E-state index contributed by atoms with van der Waals surface area (Å²) in [5, 5.41) is 2.79. The van der Waals surface area contributed by atoms with E-state index in [1.54, 1.807) is 18.2 Å². The highest BCUT2D eigenvalue weighted by Crippen LogP contribution is 2.24. The number of rotatable bonds is 6. The lowest BCUT2D eigenvalue weighted by molar-refractivity contribution is 0.0950. The Bertz CT molecular complexity index is 1070. The number of nitrogens with one attached hydrogen (secondary N) is 1. The Kier molecular flexibility index (Phi) is 6.86. The van der Waals surface area contributed by atoms with E-state index in [1.165, 1.54) is 28.4 Å². The summed E-state index contributed by atoms with van der Waals surface area (Å²) in [7, 11) is 0. The van der Waals surface area contributed by atoms with E-state index in [2.05, 4.69) is 47.2 Å². The largest absolute Gasteiger partial charge is 0.369 e. The number of amides is 1. The molecule has 5 heteroatoms. The van der Waals surface area contributed by atoms with Gasteiger partial charge in [-0.2, -0.15) is 0 Å². The number of halogens is 1. The summed E-state index contributed by atoms with van der Waals surface area (Å²) in [5.41, 5.74) is 6.31. The van der Waals surface area contributed by atoms with Crippen LogP contribution in [-0.2, 0) is 13.1 Å². The maximum atomic E-state index is 13.7. The van der Waals surface area contributed by atoms with Gasteiger partial charge in [-0.05, 0) is 54.8 Å². The van der Waals surface area contributed by atoms with Crippen molar-refractivity contribution >= 4 is 11.6 Å². The number of hydrogen-bond donors (Lipinski definition) is 1. The van der Waals surface area contributed by atoms with Gasteiger partial charge in [-0.25, -0.2) is 4.39 Å². The number of anilines is 1. The van der Waals surface area contributed by atoms with Crippen molar-refractivity contribution in [2.45, 2.75) is 26.9 Å². The minimum atomic E-state index is -0.305. The number of aryl methyl sites for hydroxylation is 1. The second kappa shape index (κ2) is 9.96. The Hall–Kier alpha value is -3.18. The number of piperazine rings is 1. The summed E-state index contributed by atoms with van der Waals surface area (Å²) >= 11 is 0. The van der Waals surface area contributed by atoms with Crippen LogP contribution < -0.4 is 10.2 Å². The molecule has 4 nitrogen and oxygen atoms in total. The molecule has 1 fully saturated rings. The monoisotopic (exact) mass is 431 g/mol. The number of carbonyl (C=O) groups is 1. The van der Waals surface area contributed by atoms with Gasteiger partial charge in [-0.15, -0.1) is 0 Å². The van der Waals surface area contributed by atoms with E-state index in [0.717, 1.165) is 32.7 Å². The molecular formula is C27H30FN3O. The van der Waals surface area contributed by atoms with Crippen LogP contribution in [0.1, 0.15) is 32.6 Å². The molecule has 3 aromatic carbocycles. The molecule has 1 saturated heterocycles. The van der Waals surface area contributed by atoms with Crippen LogP contribution in [0.4, 0.5) is 10.1 Å². The van der Waals surface area contributed by atoms with Gasteiger partial charge in [0.1, 0.15) is 5.82 Å². The van der Waals surface area contributed by atoms with Gasteiger partial charge >= 0.3 is 0 Å². The van der Waals surface area contributed by atoms with E-state index in [9.17, 15) is 9.18 Å². The van der Waals surface area contributed by atoms with Crippen LogP contribution in [0.2, 0.25) is 0 Å². The first kappa shape index (κ1) is 22.0. The van der Waals surface area contributed by atoms with E-state index in [0.29, 0.717) is 11.1 Å². The third kappa shape index (κ3) is 5.17. The normalized spacial score (nSPS) is 14.4. The van der Waals surface area contributed by atoms with E-state index < -0.39 is 0 Å². The maximum absolute atomic E-state index is 13.7. The summed E-state index contributed by atoms with van der Waals surface area (Å²) in [4.78, 5) is 17.3. The number of nitrogens with zero attached hydrogens (tertiary/aromatic N) is 2. The molecule has 3 aromatic rings. The quantitative estimate of drug-likeness (QED) is 0.615. The van der Waals surface area contributed by atoms with Crippen molar-refractivity contribution in [1.82, 2.24) is 10.2 Å². The smallest absolute Gasteiger partial charge is 0.251 e. The summed E-state index contributed by atoms with van der Waals surface area (Å²) in [6.07, 6.45) is 0. The fourth-order valence-corrected chi connectivity index (χ4v) is 4.16. The third-order valence-electron chi connectivity index (χ3n) is 6.31. The zero-order valence-electron chi connectivity index (χ0n) is 18.8. The standard InChI is InChI=1S/C27H30FN3O/c1-20-6-5-9-26(21(20)2)31-16-14-30(15-17-31)19-22-10-12-23(13-11-22)27(32)29-18-24-7-3-4-8-25(24)28/h3-13H,14-19H2,1-2H3,(H,29,32). The predicted octanol–water partition coefficient (Wildman–Crippen LogP) is 4.69. The summed E-state index contributed by atoms with van der Waals surface area (Å²) in [5.74, 6) is -0.497. The fourth-order valence-electron chi connectivity index (χ4n) is 4.16. The Morgan fingerprint density at radius 2 is 1.62 bits per heavy atom. The summed E-state index contributed by atoms with van der Waals surface area (Å²) in [6.45, 7) is 9.47. The lowest BCUT2D eigenvalue weighted by atomic mass is 10.1. The molecular weight excluding hydrogens is 401 g/mol. The van der Waals surface area contributed by atoms with Crippen LogP contribution in [0.5, 0.6) is 0 Å². The highest BCUT2D eigenvalue weighted by molar-refractivity contribution is 5.94. The molecule has 0 saturated carbocycles.